The molecule has 2 N–H and O–H groups in total. The van der Waals surface area contributed by atoms with Gasteiger partial charge in [-0.3, -0.25) is 4.99 Å². The number of rotatable bonds is 9. The van der Waals surface area contributed by atoms with Crippen LogP contribution in [0.15, 0.2) is 29.3 Å². The highest BCUT2D eigenvalue weighted by molar-refractivity contribution is 14.0. The second-order valence-electron chi connectivity index (χ2n) is 7.63. The molecule has 2 unspecified atom stereocenters. The lowest BCUT2D eigenvalue weighted by Gasteiger charge is -2.22. The van der Waals surface area contributed by atoms with Gasteiger partial charge in [0.05, 0.1) is 31.9 Å². The molecule has 1 aromatic carbocycles. The van der Waals surface area contributed by atoms with Crippen molar-refractivity contribution >= 4 is 35.6 Å². The Hall–Kier alpha value is -1.06. The molecule has 2 heterocycles. The third-order valence-corrected chi connectivity index (χ3v) is 5.37. The van der Waals surface area contributed by atoms with Gasteiger partial charge in [0.1, 0.15) is 0 Å². The molecule has 164 valence electrons. The van der Waals surface area contributed by atoms with E-state index in [0.717, 1.165) is 32.0 Å². The summed E-state index contributed by atoms with van der Waals surface area (Å²) < 4.78 is 11.3. The summed E-state index contributed by atoms with van der Waals surface area (Å²) in [6, 6.07) is 9.05. The Balaban J connectivity index is 0.00000300. The van der Waals surface area contributed by atoms with E-state index in [1.807, 2.05) is 0 Å². The maximum Gasteiger partial charge on any atom is 0.191 e. The van der Waals surface area contributed by atoms with Gasteiger partial charge in [-0.05, 0) is 57.2 Å². The third-order valence-electron chi connectivity index (χ3n) is 5.37. The minimum absolute atomic E-state index is 0. The number of benzene rings is 1. The molecule has 2 aliphatic heterocycles. The third kappa shape index (κ3) is 7.94. The molecule has 1 aromatic rings. The molecule has 0 spiro atoms. The van der Waals surface area contributed by atoms with E-state index in [4.69, 9.17) is 9.47 Å². The van der Waals surface area contributed by atoms with Crippen LogP contribution >= 0.6 is 24.0 Å². The van der Waals surface area contributed by atoms with E-state index in [2.05, 4.69) is 58.6 Å². The zero-order valence-electron chi connectivity index (χ0n) is 17.9. The highest BCUT2D eigenvalue weighted by atomic mass is 127. The topological polar surface area (TPSA) is 58.1 Å². The van der Waals surface area contributed by atoms with E-state index in [1.165, 1.54) is 37.2 Å². The van der Waals surface area contributed by atoms with Gasteiger partial charge in [-0.1, -0.05) is 12.1 Å². The summed E-state index contributed by atoms with van der Waals surface area (Å²) in [5, 5.41) is 6.86. The quantitative estimate of drug-likeness (QED) is 0.227. The lowest BCUT2D eigenvalue weighted by Crippen LogP contribution is -2.39. The largest absolute Gasteiger partial charge is 0.377 e. The Morgan fingerprint density at radius 2 is 2.14 bits per heavy atom. The standard InChI is InChI=1S/C22H36N4O2.HI/c1-3-23-22(24-11-15-27-17-21-10-7-14-28-21)25-18(2)19-8-6-9-20(16-19)26-12-4-5-13-26;/h6,8-9,16,18,21H,3-5,7,10-15,17H2,1-2H3,(H2,23,24,25);1H. The van der Waals surface area contributed by atoms with Crippen LogP contribution in [0.2, 0.25) is 0 Å². The molecule has 0 aliphatic carbocycles. The fraction of sp³-hybridized carbons (Fsp3) is 0.682. The SMILES string of the molecule is CCNC(=NCCOCC1CCCO1)NC(C)c1cccc(N2CCCC2)c1.I. The molecule has 2 saturated heterocycles. The first-order valence-electron chi connectivity index (χ1n) is 10.9. The maximum atomic E-state index is 5.72. The van der Waals surface area contributed by atoms with Gasteiger partial charge >= 0.3 is 0 Å². The normalized spacial score (nSPS) is 20.4. The number of hydrogen-bond donors (Lipinski definition) is 2. The Bertz CT molecular complexity index is 617. The average Bonchev–Trinajstić information content (AvgIpc) is 3.42. The molecule has 0 saturated carbocycles. The van der Waals surface area contributed by atoms with Crippen molar-refractivity contribution in [3.63, 3.8) is 0 Å². The van der Waals surface area contributed by atoms with Gasteiger partial charge in [0.2, 0.25) is 0 Å². The number of anilines is 1. The molecular formula is C22H37IN4O2. The summed E-state index contributed by atoms with van der Waals surface area (Å²) in [5.41, 5.74) is 2.61. The Morgan fingerprint density at radius 3 is 2.86 bits per heavy atom. The number of ether oxygens (including phenoxy) is 2. The van der Waals surface area contributed by atoms with Crippen molar-refractivity contribution in [2.75, 3.05) is 50.9 Å². The molecule has 0 radical (unpaired) electrons. The van der Waals surface area contributed by atoms with Gasteiger partial charge in [0, 0.05) is 31.9 Å². The molecule has 0 bridgehead atoms. The summed E-state index contributed by atoms with van der Waals surface area (Å²) in [6.45, 7) is 10.3. The average molecular weight is 516 g/mol. The van der Waals surface area contributed by atoms with Crippen molar-refractivity contribution in [3.8, 4) is 0 Å². The summed E-state index contributed by atoms with van der Waals surface area (Å²) in [7, 11) is 0. The molecule has 2 fully saturated rings. The molecule has 2 aliphatic rings. The first-order valence-corrected chi connectivity index (χ1v) is 10.9. The van der Waals surface area contributed by atoms with Crippen LogP contribution in [0.5, 0.6) is 0 Å². The fourth-order valence-electron chi connectivity index (χ4n) is 3.79. The highest BCUT2D eigenvalue weighted by Gasteiger charge is 2.16. The second kappa shape index (κ2) is 13.3. The fourth-order valence-corrected chi connectivity index (χ4v) is 3.79. The zero-order chi connectivity index (χ0) is 19.6. The van der Waals surface area contributed by atoms with Crippen LogP contribution in [0, 0.1) is 0 Å². The Labute approximate surface area is 192 Å². The number of hydrogen-bond acceptors (Lipinski definition) is 4. The van der Waals surface area contributed by atoms with E-state index in [1.54, 1.807) is 0 Å². The Morgan fingerprint density at radius 1 is 1.31 bits per heavy atom. The van der Waals surface area contributed by atoms with Gasteiger partial charge in [-0.25, -0.2) is 0 Å². The molecule has 6 nitrogen and oxygen atoms in total. The first-order chi connectivity index (χ1) is 13.8. The lowest BCUT2D eigenvalue weighted by atomic mass is 10.1. The molecule has 3 rings (SSSR count). The highest BCUT2D eigenvalue weighted by Crippen LogP contribution is 2.23. The second-order valence-corrected chi connectivity index (χ2v) is 7.63. The lowest BCUT2D eigenvalue weighted by molar-refractivity contribution is 0.0200. The van der Waals surface area contributed by atoms with E-state index in [0.29, 0.717) is 19.8 Å². The number of guanidine groups is 1. The summed E-state index contributed by atoms with van der Waals surface area (Å²) >= 11 is 0. The zero-order valence-corrected chi connectivity index (χ0v) is 20.2. The van der Waals surface area contributed by atoms with Crippen molar-refractivity contribution < 1.29 is 9.47 Å². The smallest absolute Gasteiger partial charge is 0.191 e. The number of nitrogens with one attached hydrogen (secondary N) is 2. The molecular weight excluding hydrogens is 479 g/mol. The van der Waals surface area contributed by atoms with Crippen molar-refractivity contribution in [2.45, 2.75) is 51.7 Å². The van der Waals surface area contributed by atoms with E-state index < -0.39 is 0 Å². The van der Waals surface area contributed by atoms with E-state index in [9.17, 15) is 0 Å². The molecule has 7 heteroatoms. The van der Waals surface area contributed by atoms with Crippen LogP contribution in [0.4, 0.5) is 5.69 Å². The van der Waals surface area contributed by atoms with Crippen LogP contribution in [-0.4, -0.2) is 58.1 Å². The molecule has 0 aromatic heterocycles. The van der Waals surface area contributed by atoms with Crippen LogP contribution in [0.1, 0.15) is 51.1 Å². The predicted octanol–water partition coefficient (Wildman–Crippen LogP) is 3.72. The van der Waals surface area contributed by atoms with Gasteiger partial charge in [0.15, 0.2) is 5.96 Å². The molecule has 29 heavy (non-hydrogen) atoms. The van der Waals surface area contributed by atoms with E-state index in [-0.39, 0.29) is 36.1 Å². The van der Waals surface area contributed by atoms with Crippen molar-refractivity contribution in [2.24, 2.45) is 4.99 Å². The minimum Gasteiger partial charge on any atom is -0.377 e. The Kier molecular flexibility index (Phi) is 11.1. The number of halogens is 1. The minimum atomic E-state index is 0. The van der Waals surface area contributed by atoms with Gasteiger partial charge < -0.3 is 25.0 Å². The number of nitrogens with zero attached hydrogens (tertiary/aromatic N) is 2. The van der Waals surface area contributed by atoms with Crippen LogP contribution in [0.25, 0.3) is 0 Å². The summed E-state index contributed by atoms with van der Waals surface area (Å²) in [5.74, 6) is 0.835. The summed E-state index contributed by atoms with van der Waals surface area (Å²) in [6.07, 6.45) is 5.13. The van der Waals surface area contributed by atoms with Crippen molar-refractivity contribution in [3.05, 3.63) is 29.8 Å². The van der Waals surface area contributed by atoms with Crippen LogP contribution in [-0.2, 0) is 9.47 Å². The van der Waals surface area contributed by atoms with Crippen LogP contribution in [0.3, 0.4) is 0 Å². The van der Waals surface area contributed by atoms with E-state index >= 15 is 0 Å². The van der Waals surface area contributed by atoms with Gasteiger partial charge in [-0.15, -0.1) is 24.0 Å². The summed E-state index contributed by atoms with van der Waals surface area (Å²) in [4.78, 5) is 7.13. The molecule has 0 amide bonds. The van der Waals surface area contributed by atoms with Gasteiger partial charge in [-0.2, -0.15) is 0 Å². The monoisotopic (exact) mass is 516 g/mol. The maximum absolute atomic E-state index is 5.72. The van der Waals surface area contributed by atoms with Crippen molar-refractivity contribution in [1.29, 1.82) is 0 Å². The first kappa shape index (κ1) is 24.2. The van der Waals surface area contributed by atoms with Gasteiger partial charge in [0.25, 0.3) is 0 Å². The van der Waals surface area contributed by atoms with Crippen molar-refractivity contribution in [1.82, 2.24) is 10.6 Å². The predicted molar refractivity (Wildman–Crippen MR) is 131 cm³/mol. The van der Waals surface area contributed by atoms with Crippen LogP contribution < -0.4 is 15.5 Å². The number of aliphatic imine (C=N–C) groups is 1. The molecule has 2 atom stereocenters.